The van der Waals surface area contributed by atoms with E-state index in [1.165, 1.54) is 19.1 Å². The minimum Gasteiger partial charge on any atom is -0.327 e. The zero-order valence-corrected chi connectivity index (χ0v) is 15.9. The predicted octanol–water partition coefficient (Wildman–Crippen LogP) is 1.80. The Hall–Kier alpha value is -1.67. The molecule has 0 aromatic carbocycles. The smallest absolute Gasteiger partial charge is 0.211 e. The lowest BCUT2D eigenvalue weighted by molar-refractivity contribution is 0.387. The molecule has 8 heteroatoms. The first-order valence-corrected chi connectivity index (χ1v) is 10.8. The van der Waals surface area contributed by atoms with Crippen LogP contribution in [0.25, 0.3) is 11.5 Å². The fourth-order valence-electron chi connectivity index (χ4n) is 3.63. The van der Waals surface area contributed by atoms with E-state index in [9.17, 15) is 8.42 Å². The van der Waals surface area contributed by atoms with Crippen molar-refractivity contribution in [3.63, 3.8) is 0 Å². The van der Waals surface area contributed by atoms with E-state index in [1.807, 2.05) is 10.9 Å². The number of aryl methyl sites for hydroxylation is 2. The zero-order chi connectivity index (χ0) is 17.8. The van der Waals surface area contributed by atoms with Crippen LogP contribution >= 0.6 is 0 Å². The number of rotatable bonds is 5. The highest BCUT2D eigenvalue weighted by Crippen LogP contribution is 2.35. The second kappa shape index (κ2) is 5.95. The lowest BCUT2D eigenvalue weighted by Crippen LogP contribution is -2.35. The molecule has 136 valence electrons. The number of fused-ring (bicyclic) bond motifs is 1. The molecule has 0 spiro atoms. The molecule has 0 amide bonds. The average Bonchev–Trinajstić information content (AvgIpc) is 3.22. The van der Waals surface area contributed by atoms with Crippen LogP contribution in [-0.2, 0) is 36.1 Å². The van der Waals surface area contributed by atoms with Crippen LogP contribution in [-0.4, -0.2) is 44.9 Å². The SMILES string of the molecule is CCn1nc(-c2ncc(C)n2CC2CC2)c2c1CCN(S(C)(=O)=O)C2. The molecule has 7 nitrogen and oxygen atoms in total. The van der Waals surface area contributed by atoms with Crippen LogP contribution in [0.5, 0.6) is 0 Å². The van der Waals surface area contributed by atoms with Gasteiger partial charge in [0.2, 0.25) is 10.0 Å². The number of hydrogen-bond donors (Lipinski definition) is 0. The Labute approximate surface area is 148 Å². The maximum absolute atomic E-state index is 12.0. The van der Waals surface area contributed by atoms with E-state index < -0.39 is 10.0 Å². The van der Waals surface area contributed by atoms with Gasteiger partial charge in [-0.15, -0.1) is 0 Å². The lowest BCUT2D eigenvalue weighted by Gasteiger charge is -2.25. The first-order chi connectivity index (χ1) is 11.9. The molecule has 0 radical (unpaired) electrons. The van der Waals surface area contributed by atoms with Gasteiger partial charge in [0.1, 0.15) is 5.69 Å². The summed E-state index contributed by atoms with van der Waals surface area (Å²) in [5.74, 6) is 1.62. The van der Waals surface area contributed by atoms with Crippen molar-refractivity contribution in [2.45, 2.75) is 52.7 Å². The van der Waals surface area contributed by atoms with Gasteiger partial charge >= 0.3 is 0 Å². The van der Waals surface area contributed by atoms with Crippen molar-refractivity contribution in [1.29, 1.82) is 0 Å². The number of sulfonamides is 1. The van der Waals surface area contributed by atoms with E-state index in [2.05, 4.69) is 23.4 Å². The largest absolute Gasteiger partial charge is 0.327 e. The Kier molecular flexibility index (Phi) is 3.99. The molecule has 1 aliphatic heterocycles. The van der Waals surface area contributed by atoms with E-state index in [-0.39, 0.29) is 0 Å². The van der Waals surface area contributed by atoms with E-state index in [1.54, 1.807) is 4.31 Å². The molecule has 0 unspecified atom stereocenters. The highest BCUT2D eigenvalue weighted by molar-refractivity contribution is 7.88. The Balaban J connectivity index is 1.80. The first-order valence-electron chi connectivity index (χ1n) is 8.94. The second-order valence-electron chi connectivity index (χ2n) is 7.21. The molecule has 2 aliphatic rings. The van der Waals surface area contributed by atoms with Crippen molar-refractivity contribution in [1.82, 2.24) is 23.6 Å². The molecule has 4 rings (SSSR count). The van der Waals surface area contributed by atoms with Gasteiger partial charge in [-0.3, -0.25) is 4.68 Å². The maximum Gasteiger partial charge on any atom is 0.211 e. The molecule has 1 saturated carbocycles. The third-order valence-corrected chi connectivity index (χ3v) is 6.52. The zero-order valence-electron chi connectivity index (χ0n) is 15.1. The predicted molar refractivity (Wildman–Crippen MR) is 95.5 cm³/mol. The molecule has 2 aromatic rings. The van der Waals surface area contributed by atoms with Gasteiger partial charge in [0.15, 0.2) is 5.82 Å². The van der Waals surface area contributed by atoms with Crippen LogP contribution in [0.15, 0.2) is 6.20 Å². The standard InChI is InChI=1S/C17H25N5O2S/c1-4-22-15-7-8-20(25(3,23)24)11-14(15)16(19-22)17-18-9-12(2)21(17)10-13-5-6-13/h9,13H,4-8,10-11H2,1-3H3. The molecular weight excluding hydrogens is 338 g/mol. The molecule has 0 saturated heterocycles. The first kappa shape index (κ1) is 16.8. The van der Waals surface area contributed by atoms with E-state index in [0.717, 1.165) is 47.5 Å². The topological polar surface area (TPSA) is 73.0 Å². The summed E-state index contributed by atoms with van der Waals surface area (Å²) in [4.78, 5) is 4.63. The summed E-state index contributed by atoms with van der Waals surface area (Å²) in [5, 5.41) is 4.81. The van der Waals surface area contributed by atoms with Crippen molar-refractivity contribution in [3.05, 3.63) is 23.1 Å². The number of nitrogens with zero attached hydrogens (tertiary/aromatic N) is 5. The average molecular weight is 363 g/mol. The minimum absolute atomic E-state index is 0.388. The molecule has 0 bridgehead atoms. The minimum atomic E-state index is -3.21. The van der Waals surface area contributed by atoms with Crippen LogP contribution in [0.4, 0.5) is 0 Å². The lowest BCUT2D eigenvalue weighted by atomic mass is 10.1. The molecule has 3 heterocycles. The summed E-state index contributed by atoms with van der Waals surface area (Å²) in [5.41, 5.74) is 4.15. The van der Waals surface area contributed by atoms with E-state index >= 15 is 0 Å². The monoisotopic (exact) mass is 363 g/mol. The second-order valence-corrected chi connectivity index (χ2v) is 9.20. The third kappa shape index (κ3) is 3.01. The van der Waals surface area contributed by atoms with Gasteiger partial charge in [0, 0.05) is 55.7 Å². The summed E-state index contributed by atoms with van der Waals surface area (Å²) in [6.07, 6.45) is 6.43. The van der Waals surface area contributed by atoms with Crippen molar-refractivity contribution in [2.75, 3.05) is 12.8 Å². The third-order valence-electron chi connectivity index (χ3n) is 5.27. The Morgan fingerprint density at radius 1 is 1.32 bits per heavy atom. The van der Waals surface area contributed by atoms with E-state index in [0.29, 0.717) is 19.5 Å². The quantitative estimate of drug-likeness (QED) is 0.812. The molecule has 1 fully saturated rings. The van der Waals surface area contributed by atoms with Crippen molar-refractivity contribution in [2.24, 2.45) is 5.92 Å². The Bertz CT molecular complexity index is 908. The van der Waals surface area contributed by atoms with Gasteiger partial charge in [0.25, 0.3) is 0 Å². The fraction of sp³-hybridized carbons (Fsp3) is 0.647. The molecule has 25 heavy (non-hydrogen) atoms. The highest BCUT2D eigenvalue weighted by atomic mass is 32.2. The molecule has 1 aliphatic carbocycles. The van der Waals surface area contributed by atoms with Crippen molar-refractivity contribution in [3.8, 4) is 11.5 Å². The van der Waals surface area contributed by atoms with Crippen LogP contribution in [0.3, 0.4) is 0 Å². The fourth-order valence-corrected chi connectivity index (χ4v) is 4.42. The summed E-state index contributed by atoms with van der Waals surface area (Å²) < 4.78 is 29.8. The summed E-state index contributed by atoms with van der Waals surface area (Å²) >= 11 is 0. The van der Waals surface area contributed by atoms with Gasteiger partial charge < -0.3 is 4.57 Å². The molecule has 0 N–H and O–H groups in total. The molecular formula is C17H25N5O2S. The van der Waals surface area contributed by atoms with Gasteiger partial charge in [-0.05, 0) is 32.6 Å². The van der Waals surface area contributed by atoms with Crippen LogP contribution in [0, 0.1) is 12.8 Å². The van der Waals surface area contributed by atoms with Gasteiger partial charge in [-0.1, -0.05) is 0 Å². The van der Waals surface area contributed by atoms with Crippen molar-refractivity contribution < 1.29 is 8.42 Å². The number of aromatic nitrogens is 4. The number of hydrogen-bond acceptors (Lipinski definition) is 4. The van der Waals surface area contributed by atoms with Gasteiger partial charge in [-0.2, -0.15) is 9.40 Å². The summed E-state index contributed by atoms with van der Waals surface area (Å²) in [6.45, 7) is 6.81. The van der Waals surface area contributed by atoms with Crippen LogP contribution < -0.4 is 0 Å². The normalized spacial score (nSPS) is 18.5. The Morgan fingerprint density at radius 2 is 2.08 bits per heavy atom. The van der Waals surface area contributed by atoms with Gasteiger partial charge in [0.05, 0.1) is 6.26 Å². The molecule has 0 atom stereocenters. The number of imidazole rings is 1. The van der Waals surface area contributed by atoms with Gasteiger partial charge in [-0.25, -0.2) is 13.4 Å². The van der Waals surface area contributed by atoms with Crippen molar-refractivity contribution >= 4 is 10.0 Å². The summed E-state index contributed by atoms with van der Waals surface area (Å²) in [7, 11) is -3.21. The van der Waals surface area contributed by atoms with Crippen LogP contribution in [0.2, 0.25) is 0 Å². The molecule has 2 aromatic heterocycles. The Morgan fingerprint density at radius 3 is 2.72 bits per heavy atom. The van der Waals surface area contributed by atoms with Crippen LogP contribution in [0.1, 0.15) is 36.7 Å². The highest BCUT2D eigenvalue weighted by Gasteiger charge is 2.32. The van der Waals surface area contributed by atoms with E-state index in [4.69, 9.17) is 5.10 Å². The maximum atomic E-state index is 12.0. The summed E-state index contributed by atoms with van der Waals surface area (Å²) in [6, 6.07) is 0.